The molecule has 0 saturated carbocycles. The van der Waals surface area contributed by atoms with E-state index in [1.807, 2.05) is 0 Å². The number of carbonyl (C=O) groups is 1. The zero-order chi connectivity index (χ0) is 15.2. The maximum Gasteiger partial charge on any atom is 0.313 e. The first-order valence-corrected chi connectivity index (χ1v) is 8.68. The molecule has 1 aromatic carbocycles. The minimum atomic E-state index is -0.160. The van der Waals surface area contributed by atoms with Crippen LogP contribution >= 0.6 is 11.8 Å². The lowest BCUT2D eigenvalue weighted by Crippen LogP contribution is -2.22. The average Bonchev–Trinajstić information content (AvgIpc) is 2.53. The van der Waals surface area contributed by atoms with Gasteiger partial charge in [0.15, 0.2) is 0 Å². The molecule has 0 aliphatic carbocycles. The van der Waals surface area contributed by atoms with E-state index in [0.29, 0.717) is 5.92 Å². The molecule has 2 rings (SSSR count). The predicted molar refractivity (Wildman–Crippen MR) is 85.9 cm³/mol. The summed E-state index contributed by atoms with van der Waals surface area (Å²) >= 11 is 1.73. The van der Waals surface area contributed by atoms with Crippen LogP contribution in [0.15, 0.2) is 23.1 Å². The molecule has 1 saturated heterocycles. The highest BCUT2D eigenvalue weighted by Crippen LogP contribution is 2.32. The van der Waals surface area contributed by atoms with Crippen molar-refractivity contribution in [2.24, 2.45) is 5.92 Å². The van der Waals surface area contributed by atoms with Gasteiger partial charge in [-0.05, 0) is 55.6 Å². The molecule has 0 radical (unpaired) electrons. The van der Waals surface area contributed by atoms with Crippen LogP contribution in [0.2, 0.25) is 0 Å². The van der Waals surface area contributed by atoms with Crippen LogP contribution in [0.25, 0.3) is 0 Å². The van der Waals surface area contributed by atoms with Gasteiger partial charge < -0.3 is 9.47 Å². The molecule has 0 spiro atoms. The molecule has 0 amide bonds. The molecule has 21 heavy (non-hydrogen) atoms. The lowest BCUT2D eigenvalue weighted by Gasteiger charge is -2.26. The quantitative estimate of drug-likeness (QED) is 0.612. The fourth-order valence-electron chi connectivity index (χ4n) is 2.94. The fraction of sp³-hybridized carbons (Fsp3) is 0.588. The average molecular weight is 308 g/mol. The van der Waals surface area contributed by atoms with Gasteiger partial charge in [0.25, 0.3) is 0 Å². The van der Waals surface area contributed by atoms with Gasteiger partial charge in [0, 0.05) is 18.1 Å². The summed E-state index contributed by atoms with van der Waals surface area (Å²) < 4.78 is 10.4. The van der Waals surface area contributed by atoms with Gasteiger partial charge >= 0.3 is 5.97 Å². The van der Waals surface area contributed by atoms with E-state index in [9.17, 15) is 4.79 Å². The standard InChI is InChI=1S/C17H24O3S/c1-12-10-14(4-5-16(12)21-3)15(17(18)19-2)11-13-6-8-20-9-7-13/h4-5,10,13,15H,6-9,11H2,1-3H3. The third-order valence-electron chi connectivity index (χ3n) is 4.22. The van der Waals surface area contributed by atoms with Gasteiger partial charge in [-0.15, -0.1) is 11.8 Å². The lowest BCUT2D eigenvalue weighted by atomic mass is 9.84. The largest absolute Gasteiger partial charge is 0.469 e. The van der Waals surface area contributed by atoms with Crippen molar-refractivity contribution in [2.45, 2.75) is 37.0 Å². The molecule has 0 N–H and O–H groups in total. The highest BCUT2D eigenvalue weighted by Gasteiger charge is 2.27. The van der Waals surface area contributed by atoms with Gasteiger partial charge in [-0.3, -0.25) is 4.79 Å². The van der Waals surface area contributed by atoms with Crippen LogP contribution in [-0.2, 0) is 14.3 Å². The number of benzene rings is 1. The van der Waals surface area contributed by atoms with Gasteiger partial charge in [-0.2, -0.15) is 0 Å². The molecule has 1 aromatic rings. The van der Waals surface area contributed by atoms with Gasteiger partial charge in [0.05, 0.1) is 13.0 Å². The summed E-state index contributed by atoms with van der Waals surface area (Å²) in [4.78, 5) is 13.5. The lowest BCUT2D eigenvalue weighted by molar-refractivity contribution is -0.143. The highest BCUT2D eigenvalue weighted by molar-refractivity contribution is 7.98. The van der Waals surface area contributed by atoms with Crippen LogP contribution in [0.4, 0.5) is 0 Å². The molecule has 0 aromatic heterocycles. The zero-order valence-electron chi connectivity index (χ0n) is 13.1. The number of carbonyl (C=O) groups excluding carboxylic acids is 1. The maximum absolute atomic E-state index is 12.2. The Hall–Kier alpha value is -1.00. The van der Waals surface area contributed by atoms with E-state index >= 15 is 0 Å². The number of ether oxygens (including phenoxy) is 2. The first-order valence-electron chi connectivity index (χ1n) is 7.45. The van der Waals surface area contributed by atoms with Crippen molar-refractivity contribution in [3.8, 4) is 0 Å². The Balaban J connectivity index is 2.18. The van der Waals surface area contributed by atoms with E-state index in [1.165, 1.54) is 17.6 Å². The highest BCUT2D eigenvalue weighted by atomic mass is 32.2. The fourth-order valence-corrected chi connectivity index (χ4v) is 3.53. The second-order valence-corrected chi connectivity index (χ2v) is 6.44. The predicted octanol–water partition coefficient (Wildman–Crippen LogP) is 3.79. The minimum absolute atomic E-state index is 0.127. The van der Waals surface area contributed by atoms with Crippen molar-refractivity contribution >= 4 is 17.7 Å². The monoisotopic (exact) mass is 308 g/mol. The molecule has 1 heterocycles. The Morgan fingerprint density at radius 2 is 2.14 bits per heavy atom. The number of aryl methyl sites for hydroxylation is 1. The Bertz CT molecular complexity index is 481. The summed E-state index contributed by atoms with van der Waals surface area (Å²) in [6.45, 7) is 3.71. The van der Waals surface area contributed by atoms with Crippen molar-refractivity contribution < 1.29 is 14.3 Å². The molecule has 1 unspecified atom stereocenters. The van der Waals surface area contributed by atoms with Gasteiger partial charge in [0.1, 0.15) is 0 Å². The van der Waals surface area contributed by atoms with Gasteiger partial charge in [-0.1, -0.05) is 12.1 Å². The number of methoxy groups -OCH3 is 1. The number of hydrogen-bond acceptors (Lipinski definition) is 4. The molecule has 0 bridgehead atoms. The second-order valence-electron chi connectivity index (χ2n) is 5.60. The van der Waals surface area contributed by atoms with Crippen LogP contribution in [0.1, 0.15) is 36.3 Å². The number of thioether (sulfide) groups is 1. The third kappa shape index (κ3) is 4.24. The second kappa shape index (κ2) is 7.85. The van der Waals surface area contributed by atoms with E-state index in [0.717, 1.165) is 38.0 Å². The Morgan fingerprint density at radius 3 is 2.71 bits per heavy atom. The number of esters is 1. The number of hydrogen-bond donors (Lipinski definition) is 0. The van der Waals surface area contributed by atoms with Crippen LogP contribution < -0.4 is 0 Å². The topological polar surface area (TPSA) is 35.5 Å². The summed E-state index contributed by atoms with van der Waals surface area (Å²) in [6.07, 6.45) is 5.00. The summed E-state index contributed by atoms with van der Waals surface area (Å²) in [6, 6.07) is 6.31. The summed E-state index contributed by atoms with van der Waals surface area (Å²) in [5.74, 6) is 0.258. The Morgan fingerprint density at radius 1 is 1.43 bits per heavy atom. The molecule has 116 valence electrons. The van der Waals surface area contributed by atoms with Gasteiger partial charge in [-0.25, -0.2) is 0 Å². The molecule has 4 heteroatoms. The van der Waals surface area contributed by atoms with Crippen LogP contribution in [0.3, 0.4) is 0 Å². The molecule has 1 fully saturated rings. The molecule has 1 aliphatic heterocycles. The van der Waals surface area contributed by atoms with E-state index in [-0.39, 0.29) is 11.9 Å². The summed E-state index contributed by atoms with van der Waals surface area (Å²) in [5.41, 5.74) is 2.30. The van der Waals surface area contributed by atoms with E-state index in [2.05, 4.69) is 31.4 Å². The third-order valence-corrected chi connectivity index (χ3v) is 5.11. The van der Waals surface area contributed by atoms with Gasteiger partial charge in [0.2, 0.25) is 0 Å². The summed E-state index contributed by atoms with van der Waals surface area (Å²) in [7, 11) is 1.47. The molecular weight excluding hydrogens is 284 g/mol. The van der Waals surface area contributed by atoms with Crippen molar-refractivity contribution in [1.82, 2.24) is 0 Å². The van der Waals surface area contributed by atoms with E-state index in [4.69, 9.17) is 9.47 Å². The van der Waals surface area contributed by atoms with Crippen molar-refractivity contribution in [1.29, 1.82) is 0 Å². The first kappa shape index (κ1) is 16.4. The molecule has 1 aliphatic rings. The Kier molecular flexibility index (Phi) is 6.12. The van der Waals surface area contributed by atoms with E-state index in [1.54, 1.807) is 11.8 Å². The van der Waals surface area contributed by atoms with E-state index < -0.39 is 0 Å². The van der Waals surface area contributed by atoms with Crippen LogP contribution in [0.5, 0.6) is 0 Å². The zero-order valence-corrected chi connectivity index (χ0v) is 13.9. The molecule has 1 atom stereocenters. The number of rotatable bonds is 5. The summed E-state index contributed by atoms with van der Waals surface area (Å²) in [5, 5.41) is 0. The van der Waals surface area contributed by atoms with Crippen molar-refractivity contribution in [3.63, 3.8) is 0 Å². The van der Waals surface area contributed by atoms with Crippen LogP contribution in [0, 0.1) is 12.8 Å². The first-order chi connectivity index (χ1) is 10.2. The van der Waals surface area contributed by atoms with Crippen LogP contribution in [-0.4, -0.2) is 32.5 Å². The van der Waals surface area contributed by atoms with Crippen molar-refractivity contribution in [3.05, 3.63) is 29.3 Å². The smallest absolute Gasteiger partial charge is 0.313 e. The maximum atomic E-state index is 12.2. The molecule has 3 nitrogen and oxygen atoms in total. The normalized spacial score (nSPS) is 17.5. The minimum Gasteiger partial charge on any atom is -0.469 e. The Labute approximate surface area is 131 Å². The SMILES string of the molecule is COC(=O)C(CC1CCOCC1)c1ccc(SC)c(C)c1. The van der Waals surface area contributed by atoms with Crippen molar-refractivity contribution in [2.75, 3.05) is 26.6 Å². The molecular formula is C17H24O3S.